The lowest BCUT2D eigenvalue weighted by atomic mass is 10.1. The van der Waals surface area contributed by atoms with Crippen molar-refractivity contribution in [3.8, 4) is 0 Å². The van der Waals surface area contributed by atoms with Crippen LogP contribution in [0, 0.1) is 5.41 Å². The number of nitrogen functional groups attached to an aromatic ring is 1. The normalized spacial score (nSPS) is 11.4. The van der Waals surface area contributed by atoms with Crippen LogP contribution < -0.4 is 5.73 Å². The summed E-state index contributed by atoms with van der Waals surface area (Å²) in [5.74, 6) is 0. The van der Waals surface area contributed by atoms with Crippen molar-refractivity contribution < 1.29 is 13.2 Å². The van der Waals surface area contributed by atoms with Gasteiger partial charge in [-0.1, -0.05) is 15.9 Å². The quantitative estimate of drug-likeness (QED) is 0.596. The van der Waals surface area contributed by atoms with Gasteiger partial charge >= 0.3 is 6.18 Å². The third kappa shape index (κ3) is 2.06. The van der Waals surface area contributed by atoms with Crippen LogP contribution >= 0.6 is 15.9 Å². The van der Waals surface area contributed by atoms with E-state index < -0.39 is 11.7 Å². The van der Waals surface area contributed by atoms with Crippen LogP contribution in [0.15, 0.2) is 16.6 Å². The molecule has 0 fully saturated rings. The van der Waals surface area contributed by atoms with Gasteiger partial charge in [0.1, 0.15) is 0 Å². The lowest BCUT2D eigenvalue weighted by Gasteiger charge is -2.11. The molecule has 0 aliphatic rings. The lowest BCUT2D eigenvalue weighted by Crippen LogP contribution is -2.08. The molecule has 0 radical (unpaired) electrons. The van der Waals surface area contributed by atoms with Gasteiger partial charge in [0.2, 0.25) is 0 Å². The summed E-state index contributed by atoms with van der Waals surface area (Å²) < 4.78 is 36.9. The summed E-state index contributed by atoms with van der Waals surface area (Å²) in [4.78, 5) is 0. The van der Waals surface area contributed by atoms with Crippen LogP contribution in [0.4, 0.5) is 18.9 Å². The molecule has 0 unspecified atom stereocenters. The first kappa shape index (κ1) is 11.0. The van der Waals surface area contributed by atoms with Crippen molar-refractivity contribution in [2.75, 3.05) is 5.73 Å². The van der Waals surface area contributed by atoms with Crippen LogP contribution in [0.2, 0.25) is 0 Å². The zero-order chi connectivity index (χ0) is 10.9. The fourth-order valence-electron chi connectivity index (χ4n) is 0.948. The van der Waals surface area contributed by atoms with Crippen molar-refractivity contribution in [1.29, 1.82) is 5.41 Å². The molecule has 76 valence electrons. The monoisotopic (exact) mass is 266 g/mol. The average Bonchev–Trinajstić information content (AvgIpc) is 2.02. The number of alkyl halides is 3. The third-order valence-electron chi connectivity index (χ3n) is 1.63. The molecular weight excluding hydrogens is 261 g/mol. The number of halogens is 4. The van der Waals surface area contributed by atoms with Crippen molar-refractivity contribution in [2.24, 2.45) is 0 Å². The maximum atomic E-state index is 12.4. The number of benzene rings is 1. The Kier molecular flexibility index (Phi) is 2.84. The molecule has 0 bridgehead atoms. The van der Waals surface area contributed by atoms with Gasteiger partial charge in [-0.2, -0.15) is 13.2 Å². The van der Waals surface area contributed by atoms with Crippen LogP contribution in [0.5, 0.6) is 0 Å². The van der Waals surface area contributed by atoms with Gasteiger partial charge in [0.05, 0.1) is 5.56 Å². The summed E-state index contributed by atoms with van der Waals surface area (Å²) >= 11 is 2.77. The minimum Gasteiger partial charge on any atom is -0.398 e. The van der Waals surface area contributed by atoms with Crippen molar-refractivity contribution in [3.63, 3.8) is 0 Å². The standard InChI is InChI=1S/C8H6BrF3N2/c9-6-2-7(14)4(3-13)1-5(6)8(10,11)12/h1-3,13H,14H2. The van der Waals surface area contributed by atoms with Crippen molar-refractivity contribution >= 4 is 27.8 Å². The van der Waals surface area contributed by atoms with E-state index in [0.29, 0.717) is 0 Å². The Bertz CT molecular complexity index is 374. The van der Waals surface area contributed by atoms with Gasteiger partial charge in [-0.25, -0.2) is 0 Å². The van der Waals surface area contributed by atoms with Crippen LogP contribution in [-0.4, -0.2) is 6.21 Å². The van der Waals surface area contributed by atoms with Gasteiger partial charge in [0.25, 0.3) is 0 Å². The fraction of sp³-hybridized carbons (Fsp3) is 0.125. The summed E-state index contributed by atoms with van der Waals surface area (Å²) in [5.41, 5.74) is 4.76. The highest BCUT2D eigenvalue weighted by Gasteiger charge is 2.33. The molecule has 1 rings (SSSR count). The fourth-order valence-corrected chi connectivity index (χ4v) is 1.53. The smallest absolute Gasteiger partial charge is 0.398 e. The van der Waals surface area contributed by atoms with Gasteiger partial charge in [0, 0.05) is 21.9 Å². The van der Waals surface area contributed by atoms with Gasteiger partial charge < -0.3 is 11.1 Å². The molecule has 0 aliphatic heterocycles. The van der Waals surface area contributed by atoms with E-state index in [1.807, 2.05) is 0 Å². The predicted octanol–water partition coefficient (Wildman–Crippen LogP) is 3.05. The second kappa shape index (κ2) is 3.61. The van der Waals surface area contributed by atoms with E-state index in [-0.39, 0.29) is 15.7 Å². The van der Waals surface area contributed by atoms with E-state index in [4.69, 9.17) is 11.1 Å². The van der Waals surface area contributed by atoms with Crippen molar-refractivity contribution in [2.45, 2.75) is 6.18 Å². The highest BCUT2D eigenvalue weighted by Crippen LogP contribution is 2.36. The first-order valence-electron chi connectivity index (χ1n) is 3.53. The van der Waals surface area contributed by atoms with E-state index in [1.165, 1.54) is 0 Å². The largest absolute Gasteiger partial charge is 0.417 e. The second-order valence-corrected chi connectivity index (χ2v) is 3.46. The van der Waals surface area contributed by atoms with E-state index in [1.54, 1.807) is 0 Å². The molecule has 0 atom stereocenters. The molecule has 0 saturated heterocycles. The number of nitrogens with two attached hydrogens (primary N) is 1. The van der Waals surface area contributed by atoms with E-state index in [0.717, 1.165) is 18.3 Å². The number of anilines is 1. The summed E-state index contributed by atoms with van der Waals surface area (Å²) in [5, 5.41) is 6.87. The molecule has 0 aliphatic carbocycles. The Morgan fingerprint density at radius 3 is 2.36 bits per heavy atom. The Morgan fingerprint density at radius 2 is 1.93 bits per heavy atom. The molecule has 2 nitrogen and oxygen atoms in total. The average molecular weight is 267 g/mol. The second-order valence-electron chi connectivity index (χ2n) is 2.60. The Morgan fingerprint density at radius 1 is 1.36 bits per heavy atom. The zero-order valence-electron chi connectivity index (χ0n) is 6.82. The summed E-state index contributed by atoms with van der Waals surface area (Å²) in [7, 11) is 0. The number of hydrogen-bond donors (Lipinski definition) is 2. The van der Waals surface area contributed by atoms with Gasteiger partial charge in [0.15, 0.2) is 0 Å². The van der Waals surface area contributed by atoms with E-state index in [9.17, 15) is 13.2 Å². The molecule has 3 N–H and O–H groups in total. The van der Waals surface area contributed by atoms with Gasteiger partial charge in [-0.05, 0) is 12.1 Å². The summed E-state index contributed by atoms with van der Waals surface area (Å²) in [6.45, 7) is 0. The summed E-state index contributed by atoms with van der Waals surface area (Å²) in [6, 6.07) is 1.98. The van der Waals surface area contributed by atoms with Gasteiger partial charge in [-0.3, -0.25) is 0 Å². The Labute approximate surface area is 86.6 Å². The third-order valence-corrected chi connectivity index (χ3v) is 2.29. The van der Waals surface area contributed by atoms with Crippen molar-refractivity contribution in [1.82, 2.24) is 0 Å². The highest BCUT2D eigenvalue weighted by atomic mass is 79.9. The van der Waals surface area contributed by atoms with Crippen LogP contribution in [0.1, 0.15) is 11.1 Å². The molecular formula is C8H6BrF3N2. The number of nitrogens with one attached hydrogen (secondary N) is 1. The zero-order valence-corrected chi connectivity index (χ0v) is 8.41. The van der Waals surface area contributed by atoms with Crippen molar-refractivity contribution in [3.05, 3.63) is 27.7 Å². The maximum absolute atomic E-state index is 12.4. The molecule has 1 aromatic carbocycles. The Balaban J connectivity index is 3.39. The molecule has 0 spiro atoms. The topological polar surface area (TPSA) is 49.9 Å². The molecule has 14 heavy (non-hydrogen) atoms. The SMILES string of the molecule is N=Cc1cc(C(F)(F)F)c(Br)cc1N. The first-order valence-corrected chi connectivity index (χ1v) is 4.32. The number of rotatable bonds is 1. The minimum atomic E-state index is -4.44. The lowest BCUT2D eigenvalue weighted by molar-refractivity contribution is -0.138. The number of hydrogen-bond acceptors (Lipinski definition) is 2. The van der Waals surface area contributed by atoms with Crippen LogP contribution in [0.3, 0.4) is 0 Å². The minimum absolute atomic E-state index is 0.0560. The molecule has 1 aromatic rings. The van der Waals surface area contributed by atoms with Crippen LogP contribution in [-0.2, 0) is 6.18 Å². The van der Waals surface area contributed by atoms with Crippen LogP contribution in [0.25, 0.3) is 0 Å². The predicted molar refractivity (Wildman–Crippen MR) is 51.4 cm³/mol. The molecule has 6 heteroatoms. The summed E-state index contributed by atoms with van der Waals surface area (Å²) in [6.07, 6.45) is -3.65. The Hall–Kier alpha value is -1.04. The molecule has 0 heterocycles. The van der Waals surface area contributed by atoms with E-state index in [2.05, 4.69) is 15.9 Å². The molecule has 0 aromatic heterocycles. The van der Waals surface area contributed by atoms with E-state index >= 15 is 0 Å². The maximum Gasteiger partial charge on any atom is 0.417 e. The molecule has 0 saturated carbocycles. The first-order chi connectivity index (χ1) is 6.36. The van der Waals surface area contributed by atoms with Gasteiger partial charge in [-0.15, -0.1) is 0 Å². The molecule has 0 amide bonds. The highest BCUT2D eigenvalue weighted by molar-refractivity contribution is 9.10.